The van der Waals surface area contributed by atoms with Crippen LogP contribution in [-0.2, 0) is 9.22 Å². The largest absolute Gasteiger partial charge is 0.414 e. The van der Waals surface area contributed by atoms with Crippen molar-refractivity contribution in [3.8, 4) is 0 Å². The van der Waals surface area contributed by atoms with Crippen molar-refractivity contribution in [3.05, 3.63) is 11.6 Å². The average molecular weight is 365 g/mol. The summed E-state index contributed by atoms with van der Waals surface area (Å²) >= 11 is 0. The second-order valence-corrected chi connectivity index (χ2v) is 15.0. The van der Waals surface area contributed by atoms with Crippen molar-refractivity contribution in [2.75, 3.05) is 0 Å². The highest BCUT2D eigenvalue weighted by molar-refractivity contribution is 6.74. The third kappa shape index (κ3) is 4.66. The first-order valence-corrected chi connectivity index (χ1v) is 13.2. The van der Waals surface area contributed by atoms with E-state index in [4.69, 9.17) is 4.43 Å². The molecule has 0 aliphatic heterocycles. The summed E-state index contributed by atoms with van der Waals surface area (Å²) in [5.74, 6) is 1.00. The number of Topliss-reactive ketones (excluding diaryl/α,β-unsaturated/α-hetero) is 1. The number of hydrogen-bond donors (Lipinski definition) is 0. The average Bonchev–Trinajstić information content (AvgIpc) is 2.79. The Bertz CT molecular complexity index is 515. The van der Waals surface area contributed by atoms with Crippen LogP contribution in [0.3, 0.4) is 0 Å². The van der Waals surface area contributed by atoms with Gasteiger partial charge >= 0.3 is 0 Å². The molecule has 0 N–H and O–H groups in total. The van der Waals surface area contributed by atoms with Crippen LogP contribution in [0.4, 0.5) is 0 Å². The van der Waals surface area contributed by atoms with Gasteiger partial charge in [-0.3, -0.25) is 0 Å². The number of carbonyl (C=O) groups is 1. The molecule has 0 saturated heterocycles. The second-order valence-electron chi connectivity index (χ2n) is 10.2. The van der Waals surface area contributed by atoms with Gasteiger partial charge in [0.25, 0.3) is 0 Å². The molecule has 0 radical (unpaired) electrons. The minimum Gasteiger partial charge on any atom is -0.414 e. The van der Waals surface area contributed by atoms with Gasteiger partial charge in [-0.2, -0.15) is 0 Å². The van der Waals surface area contributed by atoms with Gasteiger partial charge in [-0.15, -0.1) is 0 Å². The molecule has 3 atom stereocenters. The maximum absolute atomic E-state index is 11.2. The summed E-state index contributed by atoms with van der Waals surface area (Å²) in [7, 11) is -1.71. The lowest BCUT2D eigenvalue weighted by Crippen LogP contribution is -2.49. The molecule has 0 heterocycles. The summed E-state index contributed by atoms with van der Waals surface area (Å²) in [6, 6.07) is 0. The zero-order chi connectivity index (χ0) is 18.9. The van der Waals surface area contributed by atoms with Gasteiger partial charge in [0.05, 0.1) is 0 Å². The van der Waals surface area contributed by atoms with Gasteiger partial charge in [0.15, 0.2) is 8.32 Å². The summed E-state index contributed by atoms with van der Waals surface area (Å²) in [5, 5.41) is 0.283. The van der Waals surface area contributed by atoms with E-state index in [1.165, 1.54) is 32.1 Å². The van der Waals surface area contributed by atoms with Crippen LogP contribution in [0.2, 0.25) is 18.1 Å². The van der Waals surface area contributed by atoms with E-state index in [0.29, 0.717) is 23.2 Å². The molecule has 0 bridgehead atoms. The second kappa shape index (κ2) is 7.68. The van der Waals surface area contributed by atoms with E-state index < -0.39 is 8.32 Å². The van der Waals surface area contributed by atoms with Crippen LogP contribution in [0.15, 0.2) is 11.6 Å². The van der Waals surface area contributed by atoms with Crippen molar-refractivity contribution in [2.24, 2.45) is 11.3 Å². The summed E-state index contributed by atoms with van der Waals surface area (Å²) in [6.07, 6.45) is 12.1. The fourth-order valence-electron chi connectivity index (χ4n) is 4.63. The zero-order valence-electron chi connectivity index (χ0n) is 17.7. The molecular weight excluding hydrogens is 324 g/mol. The van der Waals surface area contributed by atoms with Crippen molar-refractivity contribution >= 4 is 14.1 Å². The van der Waals surface area contributed by atoms with Gasteiger partial charge in [0.1, 0.15) is 5.78 Å². The van der Waals surface area contributed by atoms with Crippen LogP contribution in [-0.4, -0.2) is 20.2 Å². The maximum Gasteiger partial charge on any atom is 0.192 e. The fraction of sp³-hybridized carbons (Fsp3) is 0.864. The predicted molar refractivity (Wildman–Crippen MR) is 109 cm³/mol. The molecular formula is C22H40O2Si. The molecule has 0 amide bonds. The third-order valence-electron chi connectivity index (χ3n) is 7.29. The van der Waals surface area contributed by atoms with Crippen molar-refractivity contribution in [2.45, 2.75) is 110 Å². The van der Waals surface area contributed by atoms with Crippen LogP contribution in [0.1, 0.15) is 86.0 Å². The molecule has 2 saturated carbocycles. The molecule has 2 rings (SSSR count). The number of rotatable bonds is 6. The zero-order valence-corrected chi connectivity index (χ0v) is 18.7. The van der Waals surface area contributed by atoms with Crippen LogP contribution in [0.25, 0.3) is 0 Å². The first kappa shape index (κ1) is 20.9. The smallest absolute Gasteiger partial charge is 0.192 e. The molecule has 144 valence electrons. The lowest BCUT2D eigenvalue weighted by molar-refractivity contribution is -0.117. The Hall–Kier alpha value is -0.413. The minimum atomic E-state index is -1.71. The number of allylic oxidation sites excluding steroid dienone is 2. The van der Waals surface area contributed by atoms with Gasteiger partial charge < -0.3 is 9.22 Å². The van der Waals surface area contributed by atoms with Crippen molar-refractivity contribution < 1.29 is 9.22 Å². The van der Waals surface area contributed by atoms with Gasteiger partial charge in [0.2, 0.25) is 0 Å². The topological polar surface area (TPSA) is 26.3 Å². The van der Waals surface area contributed by atoms with E-state index in [9.17, 15) is 4.79 Å². The van der Waals surface area contributed by atoms with E-state index in [-0.39, 0.29) is 5.04 Å². The molecule has 0 aromatic rings. The third-order valence-corrected chi connectivity index (χ3v) is 11.8. The van der Waals surface area contributed by atoms with E-state index in [1.807, 2.05) is 0 Å². The Morgan fingerprint density at radius 3 is 2.60 bits per heavy atom. The van der Waals surface area contributed by atoms with Crippen LogP contribution >= 0.6 is 0 Å². The predicted octanol–water partition coefficient (Wildman–Crippen LogP) is 6.66. The molecule has 2 aliphatic rings. The Balaban J connectivity index is 2.07. The molecule has 2 fully saturated rings. The highest BCUT2D eigenvalue weighted by Gasteiger charge is 2.51. The summed E-state index contributed by atoms with van der Waals surface area (Å²) < 4.78 is 6.89. The highest BCUT2D eigenvalue weighted by Crippen LogP contribution is 2.57. The van der Waals surface area contributed by atoms with Gasteiger partial charge in [-0.05, 0) is 74.9 Å². The lowest BCUT2D eigenvalue weighted by atomic mass is 9.66. The lowest BCUT2D eigenvalue weighted by Gasteiger charge is -2.47. The van der Waals surface area contributed by atoms with Gasteiger partial charge in [-0.25, -0.2) is 0 Å². The van der Waals surface area contributed by atoms with E-state index in [0.717, 1.165) is 19.3 Å². The van der Waals surface area contributed by atoms with E-state index in [2.05, 4.69) is 46.9 Å². The first-order chi connectivity index (χ1) is 11.5. The molecule has 3 heteroatoms. The molecule has 0 aromatic carbocycles. The Kier molecular flexibility index (Phi) is 6.42. The molecule has 0 aromatic heterocycles. The maximum atomic E-state index is 11.2. The number of fused-ring (bicyclic) bond motifs is 1. The number of unbranched alkanes of at least 4 members (excludes halogenated alkanes) is 1. The number of hydrogen-bond acceptors (Lipinski definition) is 2. The van der Waals surface area contributed by atoms with Gasteiger partial charge in [-0.1, -0.05) is 45.8 Å². The first-order valence-electron chi connectivity index (χ1n) is 10.3. The van der Waals surface area contributed by atoms with Gasteiger partial charge in [0, 0.05) is 12.5 Å². The SMILES string of the molecule is CC(=O)CCC/C=C1/CC[C@H]2[C@@H](O[Si](C)(C)C(C)(C)C)CCC[C@]12C. The Labute approximate surface area is 156 Å². The normalized spacial score (nSPS) is 32.0. The van der Waals surface area contributed by atoms with Crippen molar-refractivity contribution in [3.63, 3.8) is 0 Å². The molecule has 25 heavy (non-hydrogen) atoms. The highest BCUT2D eigenvalue weighted by atomic mass is 28.4. The molecule has 0 unspecified atom stereocenters. The Morgan fingerprint density at radius 1 is 1.32 bits per heavy atom. The van der Waals surface area contributed by atoms with Crippen molar-refractivity contribution in [1.29, 1.82) is 0 Å². The molecule has 0 spiro atoms. The summed E-state index contributed by atoms with van der Waals surface area (Å²) in [6.45, 7) is 16.0. The van der Waals surface area contributed by atoms with Crippen molar-refractivity contribution in [1.82, 2.24) is 0 Å². The Morgan fingerprint density at radius 2 is 2.00 bits per heavy atom. The number of ketones is 1. The standard InChI is InChI=1S/C22H40O2Si/c1-17(23)11-8-9-12-18-14-15-19-20(13-10-16-22(18,19)5)24-25(6,7)21(2,3)4/h12,19-20H,8-11,13-16H2,1-7H3/b18-12-/t19-,20-,22+/m0/s1. The van der Waals surface area contributed by atoms with Crippen LogP contribution in [0.5, 0.6) is 0 Å². The molecule has 2 nitrogen and oxygen atoms in total. The number of carbonyl (C=O) groups excluding carboxylic acids is 1. The summed E-state index contributed by atoms with van der Waals surface area (Å²) in [4.78, 5) is 11.2. The van der Waals surface area contributed by atoms with E-state index >= 15 is 0 Å². The molecule has 2 aliphatic carbocycles. The van der Waals surface area contributed by atoms with Crippen LogP contribution < -0.4 is 0 Å². The minimum absolute atomic E-state index is 0.283. The quantitative estimate of drug-likeness (QED) is 0.299. The van der Waals surface area contributed by atoms with E-state index in [1.54, 1.807) is 12.5 Å². The summed E-state index contributed by atoms with van der Waals surface area (Å²) in [5.41, 5.74) is 1.99. The van der Waals surface area contributed by atoms with Crippen LogP contribution in [0, 0.1) is 11.3 Å². The monoisotopic (exact) mass is 364 g/mol. The fourth-order valence-corrected chi connectivity index (χ4v) is 6.02.